The van der Waals surface area contributed by atoms with Gasteiger partial charge in [-0.05, 0) is 42.7 Å². The SMILES string of the molecule is Cc1ccc(CC(NN)c2cnn3ccccc23)c(Cl)c1. The third kappa shape index (κ3) is 2.78. The summed E-state index contributed by atoms with van der Waals surface area (Å²) in [5.41, 5.74) is 7.20. The lowest BCUT2D eigenvalue weighted by molar-refractivity contribution is 0.555. The van der Waals surface area contributed by atoms with Crippen molar-refractivity contribution >= 4 is 17.1 Å². The first-order valence-electron chi connectivity index (χ1n) is 6.82. The van der Waals surface area contributed by atoms with Crippen molar-refractivity contribution in [3.8, 4) is 0 Å². The molecule has 0 amide bonds. The molecule has 5 heteroatoms. The molecule has 3 rings (SSSR count). The number of nitrogens with one attached hydrogen (secondary N) is 1. The number of hydrazine groups is 1. The second-order valence-electron chi connectivity index (χ2n) is 5.15. The molecule has 0 radical (unpaired) electrons. The number of nitrogens with two attached hydrogens (primary N) is 1. The Kier molecular flexibility index (Phi) is 3.92. The smallest absolute Gasteiger partial charge is 0.0710 e. The number of benzene rings is 1. The predicted octanol–water partition coefficient (Wildman–Crippen LogP) is 3.04. The van der Waals surface area contributed by atoms with Crippen LogP contribution in [0.15, 0.2) is 48.8 Å². The minimum atomic E-state index is -0.0369. The number of nitrogens with zero attached hydrogens (tertiary/aromatic N) is 2. The van der Waals surface area contributed by atoms with Gasteiger partial charge in [0, 0.05) is 16.8 Å². The highest BCUT2D eigenvalue weighted by Crippen LogP contribution is 2.26. The lowest BCUT2D eigenvalue weighted by atomic mass is 9.99. The van der Waals surface area contributed by atoms with Crippen LogP contribution in [0.3, 0.4) is 0 Å². The Morgan fingerprint density at radius 2 is 2.19 bits per heavy atom. The fourth-order valence-corrected chi connectivity index (χ4v) is 2.83. The molecule has 3 aromatic rings. The van der Waals surface area contributed by atoms with E-state index in [1.165, 1.54) is 0 Å². The number of hydrogen-bond acceptors (Lipinski definition) is 3. The fraction of sp³-hybridized carbons (Fsp3) is 0.188. The highest BCUT2D eigenvalue weighted by molar-refractivity contribution is 6.31. The van der Waals surface area contributed by atoms with E-state index >= 15 is 0 Å². The Hall–Kier alpha value is -1.88. The molecule has 21 heavy (non-hydrogen) atoms. The van der Waals surface area contributed by atoms with Crippen LogP contribution in [0, 0.1) is 6.92 Å². The number of aromatic nitrogens is 2. The Morgan fingerprint density at radius 1 is 1.33 bits per heavy atom. The van der Waals surface area contributed by atoms with Gasteiger partial charge in [0.15, 0.2) is 0 Å². The van der Waals surface area contributed by atoms with E-state index in [0.29, 0.717) is 6.42 Å². The summed E-state index contributed by atoms with van der Waals surface area (Å²) in [5.74, 6) is 5.75. The first-order valence-corrected chi connectivity index (χ1v) is 7.20. The normalized spacial score (nSPS) is 12.7. The summed E-state index contributed by atoms with van der Waals surface area (Å²) in [6.07, 6.45) is 4.49. The van der Waals surface area contributed by atoms with Gasteiger partial charge in [-0.25, -0.2) is 4.52 Å². The van der Waals surface area contributed by atoms with Gasteiger partial charge in [0.25, 0.3) is 0 Å². The molecule has 1 unspecified atom stereocenters. The van der Waals surface area contributed by atoms with Crippen molar-refractivity contribution < 1.29 is 0 Å². The van der Waals surface area contributed by atoms with Crippen LogP contribution < -0.4 is 11.3 Å². The zero-order valence-corrected chi connectivity index (χ0v) is 12.5. The lowest BCUT2D eigenvalue weighted by Crippen LogP contribution is -2.29. The van der Waals surface area contributed by atoms with Gasteiger partial charge < -0.3 is 0 Å². The fourth-order valence-electron chi connectivity index (χ4n) is 2.52. The van der Waals surface area contributed by atoms with E-state index in [9.17, 15) is 0 Å². The van der Waals surface area contributed by atoms with Crippen molar-refractivity contribution in [1.29, 1.82) is 0 Å². The van der Waals surface area contributed by atoms with Gasteiger partial charge in [-0.15, -0.1) is 0 Å². The monoisotopic (exact) mass is 300 g/mol. The standard InChI is InChI=1S/C16H17ClN4/c1-11-5-6-12(14(17)8-11)9-15(20-18)13-10-19-21-7-3-2-4-16(13)21/h2-8,10,15,20H,9,18H2,1H3. The van der Waals surface area contributed by atoms with E-state index in [-0.39, 0.29) is 6.04 Å². The molecule has 1 atom stereocenters. The molecule has 0 aliphatic carbocycles. The van der Waals surface area contributed by atoms with Gasteiger partial charge in [-0.1, -0.05) is 29.8 Å². The third-order valence-electron chi connectivity index (χ3n) is 3.67. The molecule has 108 valence electrons. The van der Waals surface area contributed by atoms with E-state index in [0.717, 1.165) is 27.2 Å². The molecule has 0 saturated heterocycles. The molecule has 0 aliphatic heterocycles. The van der Waals surface area contributed by atoms with Gasteiger partial charge in [0.2, 0.25) is 0 Å². The molecule has 0 spiro atoms. The summed E-state index contributed by atoms with van der Waals surface area (Å²) in [4.78, 5) is 0. The van der Waals surface area contributed by atoms with Gasteiger partial charge in [0.05, 0.1) is 17.8 Å². The maximum atomic E-state index is 6.32. The van der Waals surface area contributed by atoms with Crippen LogP contribution in [-0.4, -0.2) is 9.61 Å². The average Bonchev–Trinajstić information content (AvgIpc) is 2.91. The molecule has 0 saturated carbocycles. The lowest BCUT2D eigenvalue weighted by Gasteiger charge is -2.16. The maximum Gasteiger partial charge on any atom is 0.0710 e. The predicted molar refractivity (Wildman–Crippen MR) is 85.1 cm³/mol. The van der Waals surface area contributed by atoms with Crippen molar-refractivity contribution in [2.75, 3.05) is 0 Å². The second kappa shape index (κ2) is 5.85. The quantitative estimate of drug-likeness (QED) is 0.575. The Morgan fingerprint density at radius 3 is 2.95 bits per heavy atom. The number of hydrogen-bond donors (Lipinski definition) is 2. The van der Waals surface area contributed by atoms with E-state index in [4.69, 9.17) is 17.4 Å². The van der Waals surface area contributed by atoms with E-state index < -0.39 is 0 Å². The summed E-state index contributed by atoms with van der Waals surface area (Å²) in [6, 6.07) is 12.0. The van der Waals surface area contributed by atoms with Crippen LogP contribution in [0.5, 0.6) is 0 Å². The third-order valence-corrected chi connectivity index (χ3v) is 4.02. The minimum absolute atomic E-state index is 0.0369. The number of fused-ring (bicyclic) bond motifs is 1. The molecular weight excluding hydrogens is 284 g/mol. The van der Waals surface area contributed by atoms with Crippen molar-refractivity contribution in [2.24, 2.45) is 5.84 Å². The van der Waals surface area contributed by atoms with Crippen LogP contribution in [0.4, 0.5) is 0 Å². The van der Waals surface area contributed by atoms with Crippen molar-refractivity contribution in [2.45, 2.75) is 19.4 Å². The van der Waals surface area contributed by atoms with Gasteiger partial charge in [-0.2, -0.15) is 5.10 Å². The summed E-state index contributed by atoms with van der Waals surface area (Å²) < 4.78 is 1.84. The van der Waals surface area contributed by atoms with Crippen LogP contribution >= 0.6 is 11.6 Å². The van der Waals surface area contributed by atoms with Gasteiger partial charge in [-0.3, -0.25) is 11.3 Å². The zero-order chi connectivity index (χ0) is 14.8. The molecule has 2 heterocycles. The van der Waals surface area contributed by atoms with Crippen LogP contribution in [0.1, 0.15) is 22.7 Å². The number of aryl methyl sites for hydroxylation is 1. The highest BCUT2D eigenvalue weighted by atomic mass is 35.5. The van der Waals surface area contributed by atoms with Crippen LogP contribution in [0.2, 0.25) is 5.02 Å². The Bertz CT molecular complexity index is 766. The van der Waals surface area contributed by atoms with E-state index in [1.807, 2.05) is 54.2 Å². The second-order valence-corrected chi connectivity index (χ2v) is 5.56. The molecule has 4 nitrogen and oxygen atoms in total. The summed E-state index contributed by atoms with van der Waals surface area (Å²) >= 11 is 6.32. The molecule has 3 N–H and O–H groups in total. The van der Waals surface area contributed by atoms with Crippen molar-refractivity contribution in [1.82, 2.24) is 15.0 Å². The summed E-state index contributed by atoms with van der Waals surface area (Å²) in [7, 11) is 0. The van der Waals surface area contributed by atoms with Gasteiger partial charge in [0.1, 0.15) is 0 Å². The number of rotatable bonds is 4. The Labute approximate surface area is 128 Å². The molecule has 0 fully saturated rings. The molecule has 2 aromatic heterocycles. The topological polar surface area (TPSA) is 55.3 Å². The number of pyridine rings is 1. The minimum Gasteiger partial charge on any atom is -0.271 e. The molecule has 0 bridgehead atoms. The zero-order valence-electron chi connectivity index (χ0n) is 11.8. The first kappa shape index (κ1) is 14.1. The van der Waals surface area contributed by atoms with E-state index in [2.05, 4.69) is 16.6 Å². The van der Waals surface area contributed by atoms with E-state index in [1.54, 1.807) is 0 Å². The largest absolute Gasteiger partial charge is 0.271 e. The summed E-state index contributed by atoms with van der Waals surface area (Å²) in [6.45, 7) is 2.03. The maximum absolute atomic E-state index is 6.32. The highest BCUT2D eigenvalue weighted by Gasteiger charge is 2.16. The molecular formula is C16H17ClN4. The Balaban J connectivity index is 1.95. The molecule has 1 aromatic carbocycles. The van der Waals surface area contributed by atoms with Crippen LogP contribution in [0.25, 0.3) is 5.52 Å². The van der Waals surface area contributed by atoms with Crippen molar-refractivity contribution in [3.05, 3.63) is 70.5 Å². The average molecular weight is 301 g/mol. The van der Waals surface area contributed by atoms with Crippen LogP contribution in [-0.2, 0) is 6.42 Å². The number of halogens is 1. The summed E-state index contributed by atoms with van der Waals surface area (Å²) in [5, 5.41) is 5.12. The molecule has 0 aliphatic rings. The first-order chi connectivity index (χ1) is 10.2. The van der Waals surface area contributed by atoms with Crippen molar-refractivity contribution in [3.63, 3.8) is 0 Å². The van der Waals surface area contributed by atoms with Gasteiger partial charge >= 0.3 is 0 Å².